The molecule has 0 spiro atoms. The lowest BCUT2D eigenvalue weighted by Crippen LogP contribution is -2.69. The van der Waals surface area contributed by atoms with Gasteiger partial charge in [0.2, 0.25) is 5.76 Å². The van der Waals surface area contributed by atoms with Gasteiger partial charge in [0.15, 0.2) is 17.2 Å². The maximum absolute atomic E-state index is 13.9. The lowest BCUT2D eigenvalue weighted by Gasteiger charge is -2.64. The van der Waals surface area contributed by atoms with E-state index in [1.807, 2.05) is 6.92 Å². The smallest absolute Gasteiger partial charge is 0.375 e. The van der Waals surface area contributed by atoms with Crippen molar-refractivity contribution in [2.45, 2.75) is 63.0 Å². The van der Waals surface area contributed by atoms with Gasteiger partial charge in [-0.3, -0.25) is 9.59 Å². The summed E-state index contributed by atoms with van der Waals surface area (Å²) < 4.78 is 59.6. The number of ketones is 2. The number of aliphatic hydroxyl groups is 1. The van der Waals surface area contributed by atoms with Crippen molar-refractivity contribution in [2.75, 3.05) is 5.88 Å². The molecule has 0 amide bonds. The Morgan fingerprint density at radius 1 is 1.37 bits per heavy atom. The molecule has 8 atom stereocenters. The Balaban J connectivity index is 1.69. The van der Waals surface area contributed by atoms with E-state index in [2.05, 4.69) is 0 Å². The zero-order valence-electron chi connectivity index (χ0n) is 25.3. The van der Waals surface area contributed by atoms with Gasteiger partial charge in [-0.1, -0.05) is 32.3 Å². The molecule has 6 nitrogen and oxygen atoms in total. The van der Waals surface area contributed by atoms with Crippen LogP contribution in [0.2, 0.25) is 0 Å². The van der Waals surface area contributed by atoms with Crippen molar-refractivity contribution in [1.82, 2.24) is 0 Å². The van der Waals surface area contributed by atoms with Gasteiger partial charge in [-0.15, -0.1) is 23.2 Å². The van der Waals surface area contributed by atoms with E-state index in [1.165, 1.54) is 12.2 Å². The summed E-state index contributed by atoms with van der Waals surface area (Å²) in [7, 11) is 0. The molecular formula is C27H30Cl2O6. The van der Waals surface area contributed by atoms with Gasteiger partial charge in [0.1, 0.15) is 1.37 Å². The van der Waals surface area contributed by atoms with Crippen molar-refractivity contribution < 1.29 is 36.9 Å². The summed E-state index contributed by atoms with van der Waals surface area (Å²) in [5.74, 6) is -6.69. The molecule has 5 rings (SSSR count). The van der Waals surface area contributed by atoms with Crippen LogP contribution in [0, 0.1) is 28.6 Å². The predicted molar refractivity (Wildman–Crippen MR) is 130 cm³/mol. The molecule has 3 saturated carbocycles. The van der Waals surface area contributed by atoms with Gasteiger partial charge in [0, 0.05) is 20.9 Å². The molecule has 4 aliphatic carbocycles. The number of fused-ring (bicyclic) bond motifs is 5. The zero-order valence-corrected chi connectivity index (χ0v) is 20.8. The number of ether oxygens (including phenoxy) is 1. The molecule has 0 unspecified atom stereocenters. The van der Waals surface area contributed by atoms with Crippen LogP contribution >= 0.6 is 23.2 Å². The average Bonchev–Trinajstić information content (AvgIpc) is 3.30. The molecule has 0 aromatic carbocycles. The van der Waals surface area contributed by atoms with Crippen molar-refractivity contribution in [3.63, 3.8) is 0 Å². The number of hydrogen-bond acceptors (Lipinski definition) is 6. The molecule has 1 N–H and O–H groups in total. The summed E-state index contributed by atoms with van der Waals surface area (Å²) in [6.45, 7) is 0.616. The van der Waals surface area contributed by atoms with Crippen LogP contribution in [0.1, 0.15) is 65.2 Å². The number of rotatable bonds is 4. The summed E-state index contributed by atoms with van der Waals surface area (Å²) in [6, 6.07) is -1.41. The number of alkyl halides is 2. The Morgan fingerprint density at radius 2 is 2.14 bits per heavy atom. The van der Waals surface area contributed by atoms with Crippen LogP contribution in [-0.4, -0.2) is 45.1 Å². The van der Waals surface area contributed by atoms with Gasteiger partial charge in [-0.25, -0.2) is 4.79 Å². The van der Waals surface area contributed by atoms with Crippen LogP contribution in [-0.2, 0) is 14.3 Å². The maximum atomic E-state index is 13.9. The molecule has 3 fully saturated rings. The minimum absolute atomic E-state index is 0.105. The first-order valence-corrected chi connectivity index (χ1v) is 12.5. The van der Waals surface area contributed by atoms with Crippen LogP contribution in [0.5, 0.6) is 0 Å². The number of hydrogen-bond donors (Lipinski definition) is 1. The normalized spacial score (nSPS) is 47.0. The minimum Gasteiger partial charge on any atom is -0.457 e. The molecule has 1 heterocycles. The van der Waals surface area contributed by atoms with Crippen molar-refractivity contribution in [2.24, 2.45) is 28.6 Å². The molecule has 0 saturated heterocycles. The van der Waals surface area contributed by atoms with Crippen LogP contribution < -0.4 is 0 Å². The highest BCUT2D eigenvalue weighted by Gasteiger charge is 2.76. The van der Waals surface area contributed by atoms with Crippen molar-refractivity contribution in [3.8, 4) is 0 Å². The number of Topliss-reactive ketones (excluding diaryl/α,β-unsaturated/α-hetero) is 1. The molecular weight excluding hydrogens is 492 g/mol. The Kier molecular flexibility index (Phi) is 4.23. The molecule has 0 aliphatic heterocycles. The summed E-state index contributed by atoms with van der Waals surface area (Å²) in [4.78, 5) is 38.2. The van der Waals surface area contributed by atoms with E-state index in [4.69, 9.17) is 40.6 Å². The average molecular weight is 528 g/mol. The van der Waals surface area contributed by atoms with Gasteiger partial charge in [0.05, 0.1) is 25.8 Å². The van der Waals surface area contributed by atoms with Crippen LogP contribution in [0.15, 0.2) is 46.5 Å². The zero-order chi connectivity index (χ0) is 30.5. The van der Waals surface area contributed by atoms with Gasteiger partial charge in [-0.05, 0) is 61.8 Å². The number of esters is 1. The summed E-state index contributed by atoms with van der Waals surface area (Å²) >= 11 is 13.5. The highest BCUT2D eigenvalue weighted by atomic mass is 35.5. The topological polar surface area (TPSA) is 93.8 Å². The minimum atomic E-state index is -2.82. The first kappa shape index (κ1) is 18.4. The van der Waals surface area contributed by atoms with E-state index >= 15 is 0 Å². The first-order chi connectivity index (χ1) is 18.9. The molecule has 0 radical (unpaired) electrons. The second-order valence-electron chi connectivity index (χ2n) is 10.5. The highest BCUT2D eigenvalue weighted by Crippen LogP contribution is 2.72. The SMILES string of the molecule is [2H]c1oc(C(=O)O[C@]2(C(=O)CCl)[C@H]([13C]([2H])([2H])[2H])C[C@H]3[C@@H]4CCC5=CC(=O)C=C[C@]5(C)[C@@]4(Cl)[C@@H](O)C[C@@]32C)c([2H])c1[2H]. The fourth-order valence-electron chi connectivity index (χ4n) is 7.57. The third-order valence-corrected chi connectivity index (χ3v) is 10.4. The Labute approximate surface area is 223 Å². The number of carbonyl (C=O) groups excluding carboxylic acids is 3. The van der Waals surface area contributed by atoms with Gasteiger partial charge >= 0.3 is 5.97 Å². The third-order valence-electron chi connectivity index (χ3n) is 9.21. The molecule has 0 bridgehead atoms. The van der Waals surface area contributed by atoms with Crippen molar-refractivity contribution in [3.05, 3.63) is 47.9 Å². The summed E-state index contributed by atoms with van der Waals surface area (Å²) in [5.41, 5.74) is -4.02. The van der Waals surface area contributed by atoms with Gasteiger partial charge < -0.3 is 14.3 Å². The Morgan fingerprint density at radius 3 is 2.80 bits per heavy atom. The fraction of sp³-hybridized carbons (Fsp3) is 0.593. The van der Waals surface area contributed by atoms with Crippen LogP contribution in [0.3, 0.4) is 0 Å². The molecule has 4 aliphatic rings. The third kappa shape index (κ3) is 3.02. The van der Waals surface area contributed by atoms with Crippen LogP contribution in [0.25, 0.3) is 0 Å². The monoisotopic (exact) mass is 527 g/mol. The predicted octanol–water partition coefficient (Wildman–Crippen LogP) is 4.87. The van der Waals surface area contributed by atoms with Gasteiger partial charge in [-0.2, -0.15) is 0 Å². The summed E-state index contributed by atoms with van der Waals surface area (Å²) in [5, 5.41) is 11.9. The summed E-state index contributed by atoms with van der Waals surface area (Å²) in [6.07, 6.45) is 3.02. The number of allylic oxidation sites excluding steroid dienone is 4. The fourth-order valence-corrected chi connectivity index (χ4v) is 8.29. The van der Waals surface area contributed by atoms with E-state index in [0.717, 1.165) is 5.57 Å². The van der Waals surface area contributed by atoms with E-state index in [-0.39, 0.29) is 18.6 Å². The Hall–Kier alpha value is -1.89. The first-order valence-electron chi connectivity index (χ1n) is 14.6. The quantitative estimate of drug-likeness (QED) is 0.341. The highest BCUT2D eigenvalue weighted by molar-refractivity contribution is 6.29. The second-order valence-corrected chi connectivity index (χ2v) is 11.4. The molecule has 35 heavy (non-hydrogen) atoms. The van der Waals surface area contributed by atoms with E-state index in [9.17, 15) is 19.5 Å². The standard InChI is InChI=1S/C27H30Cl2O6/c1-15-11-19-18-7-6-16-12-17(30)8-9-24(16,2)26(18,29)21(31)13-25(19,3)27(15,22(32)14-28)35-23(33)20-5-4-10-34-20/h4-5,8-10,12,15,18-19,21,31H,6-7,11,13-14H2,1-3H3/t15-,18+,19+,21+,24+,25+,26+,27+/m1/s1/i1+1D3,4D,5D,10D. The van der Waals surface area contributed by atoms with Crippen LogP contribution in [0.4, 0.5) is 0 Å². The van der Waals surface area contributed by atoms with E-state index in [0.29, 0.717) is 12.8 Å². The lowest BCUT2D eigenvalue weighted by molar-refractivity contribution is -0.177. The second kappa shape index (κ2) is 8.06. The van der Waals surface area contributed by atoms with E-state index in [1.54, 1.807) is 13.0 Å². The number of carbonyl (C=O) groups is 3. The molecule has 188 valence electrons. The van der Waals surface area contributed by atoms with Gasteiger partial charge in [0.25, 0.3) is 0 Å². The van der Waals surface area contributed by atoms with Crippen molar-refractivity contribution in [1.29, 1.82) is 0 Å². The number of furan rings is 1. The number of aliphatic hydroxyl groups excluding tert-OH is 1. The molecule has 1 aromatic heterocycles. The largest absolute Gasteiger partial charge is 0.457 e. The molecule has 8 heteroatoms. The molecule has 1 aromatic rings. The maximum Gasteiger partial charge on any atom is 0.375 e. The number of halogens is 2. The lowest BCUT2D eigenvalue weighted by atomic mass is 9.45. The Bertz CT molecular complexity index is 1400. The van der Waals surface area contributed by atoms with E-state index < -0.39 is 93.7 Å². The van der Waals surface area contributed by atoms with Crippen molar-refractivity contribution >= 4 is 40.7 Å².